The smallest absolute Gasteiger partial charge is 0.194 e. The number of likely N-dealkylation sites (tertiary alicyclic amines) is 1. The van der Waals surface area contributed by atoms with Gasteiger partial charge in [0, 0.05) is 39.8 Å². The summed E-state index contributed by atoms with van der Waals surface area (Å²) in [5.41, 5.74) is 0. The van der Waals surface area contributed by atoms with Gasteiger partial charge in [-0.15, -0.1) is 34.2 Å². The normalized spacial score (nSPS) is 19.5. The van der Waals surface area contributed by atoms with E-state index in [1.54, 1.807) is 0 Å². The number of hydrogen-bond acceptors (Lipinski definition) is 5. The van der Waals surface area contributed by atoms with Crippen LogP contribution >= 0.6 is 24.0 Å². The van der Waals surface area contributed by atoms with Crippen LogP contribution in [0.1, 0.15) is 37.8 Å². The number of nitrogens with zero attached hydrogens (tertiary/aromatic N) is 6. The summed E-state index contributed by atoms with van der Waals surface area (Å²) in [5, 5.41) is 12.0. The first-order valence-corrected chi connectivity index (χ1v) is 10.3. The molecule has 2 aliphatic heterocycles. The summed E-state index contributed by atoms with van der Waals surface area (Å²) in [6, 6.07) is 0. The standard InChI is InChI=1S/C19H35N7O.HI/c1-16-5-9-26(10-6-16)19(21-15-18-23-22-17(2)24(18)3)20-7-4-8-25-11-13-27-14-12-25;/h16H,4-15H2,1-3H3,(H,20,21);1H. The number of rotatable bonds is 6. The van der Waals surface area contributed by atoms with Crippen LogP contribution in [0.25, 0.3) is 0 Å². The summed E-state index contributed by atoms with van der Waals surface area (Å²) < 4.78 is 7.43. The first-order chi connectivity index (χ1) is 13.1. The van der Waals surface area contributed by atoms with Gasteiger partial charge in [-0.3, -0.25) is 4.90 Å². The van der Waals surface area contributed by atoms with Crippen molar-refractivity contribution in [2.75, 3.05) is 52.5 Å². The zero-order valence-electron chi connectivity index (χ0n) is 17.6. The third kappa shape index (κ3) is 6.84. The number of nitrogens with one attached hydrogen (secondary N) is 1. The van der Waals surface area contributed by atoms with Crippen LogP contribution in [0.3, 0.4) is 0 Å². The van der Waals surface area contributed by atoms with E-state index in [4.69, 9.17) is 9.73 Å². The third-order valence-electron chi connectivity index (χ3n) is 5.67. The molecule has 0 atom stereocenters. The van der Waals surface area contributed by atoms with E-state index in [1.807, 2.05) is 18.5 Å². The summed E-state index contributed by atoms with van der Waals surface area (Å²) in [6.07, 6.45) is 3.58. The Balaban J connectivity index is 0.00000280. The van der Waals surface area contributed by atoms with E-state index < -0.39 is 0 Å². The lowest BCUT2D eigenvalue weighted by Crippen LogP contribution is -2.46. The van der Waals surface area contributed by atoms with Crippen molar-refractivity contribution in [3.8, 4) is 0 Å². The first kappa shape index (κ1) is 23.3. The molecule has 1 N–H and O–H groups in total. The molecule has 160 valence electrons. The van der Waals surface area contributed by atoms with Crippen molar-refractivity contribution in [2.45, 2.75) is 39.7 Å². The van der Waals surface area contributed by atoms with Crippen molar-refractivity contribution in [3.05, 3.63) is 11.6 Å². The molecular weight excluding hydrogens is 469 g/mol. The molecule has 0 aromatic carbocycles. The molecule has 0 aliphatic carbocycles. The predicted molar refractivity (Wildman–Crippen MR) is 122 cm³/mol. The van der Waals surface area contributed by atoms with Crippen LogP contribution in [0.5, 0.6) is 0 Å². The number of hydrogen-bond donors (Lipinski definition) is 1. The minimum absolute atomic E-state index is 0. The maximum absolute atomic E-state index is 5.42. The van der Waals surface area contributed by atoms with Crippen molar-refractivity contribution < 1.29 is 4.74 Å². The van der Waals surface area contributed by atoms with Gasteiger partial charge < -0.3 is 19.5 Å². The molecule has 2 fully saturated rings. The molecule has 1 aromatic rings. The minimum Gasteiger partial charge on any atom is -0.379 e. The van der Waals surface area contributed by atoms with Crippen molar-refractivity contribution in [3.63, 3.8) is 0 Å². The van der Waals surface area contributed by atoms with Gasteiger partial charge in [0.2, 0.25) is 0 Å². The predicted octanol–water partition coefficient (Wildman–Crippen LogP) is 1.64. The SMILES string of the molecule is Cc1nnc(CN=C(NCCCN2CCOCC2)N2CCC(C)CC2)n1C.I. The third-order valence-corrected chi connectivity index (χ3v) is 5.67. The van der Waals surface area contributed by atoms with Crippen molar-refractivity contribution in [2.24, 2.45) is 18.0 Å². The average molecular weight is 505 g/mol. The molecule has 3 rings (SSSR count). The topological polar surface area (TPSA) is 70.8 Å². The number of aromatic nitrogens is 3. The zero-order valence-corrected chi connectivity index (χ0v) is 19.9. The molecule has 2 saturated heterocycles. The van der Waals surface area contributed by atoms with Crippen LogP contribution in [-0.2, 0) is 18.3 Å². The van der Waals surface area contributed by atoms with E-state index in [9.17, 15) is 0 Å². The Labute approximate surface area is 186 Å². The molecule has 0 saturated carbocycles. The summed E-state index contributed by atoms with van der Waals surface area (Å²) in [4.78, 5) is 9.76. The number of halogens is 1. The van der Waals surface area contributed by atoms with Crippen LogP contribution in [0.4, 0.5) is 0 Å². The highest BCUT2D eigenvalue weighted by molar-refractivity contribution is 14.0. The monoisotopic (exact) mass is 505 g/mol. The second-order valence-electron chi connectivity index (χ2n) is 7.77. The fourth-order valence-electron chi connectivity index (χ4n) is 3.55. The van der Waals surface area contributed by atoms with Gasteiger partial charge in [-0.25, -0.2) is 4.99 Å². The van der Waals surface area contributed by atoms with E-state index >= 15 is 0 Å². The van der Waals surface area contributed by atoms with Crippen molar-refractivity contribution >= 4 is 29.9 Å². The highest BCUT2D eigenvalue weighted by atomic mass is 127. The number of aliphatic imine (C=N–C) groups is 1. The quantitative estimate of drug-likeness (QED) is 0.275. The van der Waals surface area contributed by atoms with Gasteiger partial charge in [0.15, 0.2) is 11.8 Å². The van der Waals surface area contributed by atoms with Gasteiger partial charge in [0.05, 0.1) is 13.2 Å². The Morgan fingerprint density at radius 1 is 1.18 bits per heavy atom. The fraction of sp³-hybridized carbons (Fsp3) is 0.842. The Hall–Kier alpha value is -0.940. The molecule has 0 spiro atoms. The van der Waals surface area contributed by atoms with Gasteiger partial charge in [-0.05, 0) is 38.6 Å². The largest absolute Gasteiger partial charge is 0.379 e. The minimum atomic E-state index is 0. The maximum atomic E-state index is 5.42. The van der Waals surface area contributed by atoms with Crippen molar-refractivity contribution in [1.82, 2.24) is 29.9 Å². The number of piperidine rings is 1. The van der Waals surface area contributed by atoms with Gasteiger partial charge in [0.25, 0.3) is 0 Å². The van der Waals surface area contributed by atoms with Crippen LogP contribution in [0, 0.1) is 12.8 Å². The van der Waals surface area contributed by atoms with E-state index in [1.165, 1.54) is 12.8 Å². The van der Waals surface area contributed by atoms with Gasteiger partial charge in [-0.2, -0.15) is 0 Å². The Kier molecular flexibility index (Phi) is 9.93. The molecule has 0 amide bonds. The molecule has 1 aromatic heterocycles. The molecule has 3 heterocycles. The molecule has 28 heavy (non-hydrogen) atoms. The lowest BCUT2D eigenvalue weighted by atomic mass is 10.00. The average Bonchev–Trinajstić information content (AvgIpc) is 3.01. The van der Waals surface area contributed by atoms with E-state index in [0.29, 0.717) is 6.54 Å². The first-order valence-electron chi connectivity index (χ1n) is 10.3. The summed E-state index contributed by atoms with van der Waals surface area (Å²) in [7, 11) is 2.00. The lowest BCUT2D eigenvalue weighted by molar-refractivity contribution is 0.0375. The van der Waals surface area contributed by atoms with Crippen LogP contribution in [-0.4, -0.2) is 83.0 Å². The Morgan fingerprint density at radius 3 is 2.54 bits per heavy atom. The van der Waals surface area contributed by atoms with Crippen LogP contribution in [0.2, 0.25) is 0 Å². The molecule has 9 heteroatoms. The number of ether oxygens (including phenoxy) is 1. The van der Waals surface area contributed by atoms with E-state index in [2.05, 4.69) is 32.2 Å². The highest BCUT2D eigenvalue weighted by Crippen LogP contribution is 2.16. The maximum Gasteiger partial charge on any atom is 0.194 e. The summed E-state index contributed by atoms with van der Waals surface area (Å²) in [6.45, 7) is 12.9. The number of aryl methyl sites for hydroxylation is 1. The van der Waals surface area contributed by atoms with Gasteiger partial charge in [0.1, 0.15) is 12.4 Å². The summed E-state index contributed by atoms with van der Waals surface area (Å²) >= 11 is 0. The Morgan fingerprint density at radius 2 is 1.89 bits per heavy atom. The van der Waals surface area contributed by atoms with E-state index in [-0.39, 0.29) is 24.0 Å². The number of guanidine groups is 1. The Bertz CT molecular complexity index is 607. The second-order valence-corrected chi connectivity index (χ2v) is 7.77. The van der Waals surface area contributed by atoms with E-state index in [0.717, 1.165) is 82.4 Å². The second kappa shape index (κ2) is 11.9. The molecular formula is C19H36IN7O. The highest BCUT2D eigenvalue weighted by Gasteiger charge is 2.19. The van der Waals surface area contributed by atoms with Crippen LogP contribution < -0.4 is 5.32 Å². The number of morpholine rings is 1. The molecule has 0 bridgehead atoms. The van der Waals surface area contributed by atoms with Gasteiger partial charge >= 0.3 is 0 Å². The summed E-state index contributed by atoms with van der Waals surface area (Å²) in [5.74, 6) is 3.66. The van der Waals surface area contributed by atoms with Crippen molar-refractivity contribution in [1.29, 1.82) is 0 Å². The van der Waals surface area contributed by atoms with Gasteiger partial charge in [-0.1, -0.05) is 6.92 Å². The lowest BCUT2D eigenvalue weighted by Gasteiger charge is -2.33. The molecule has 0 unspecified atom stereocenters. The molecule has 2 aliphatic rings. The van der Waals surface area contributed by atoms with Crippen LogP contribution in [0.15, 0.2) is 4.99 Å². The zero-order chi connectivity index (χ0) is 19.1. The molecule has 0 radical (unpaired) electrons. The fourth-order valence-corrected chi connectivity index (χ4v) is 3.55. The molecule has 8 nitrogen and oxygen atoms in total.